The summed E-state index contributed by atoms with van der Waals surface area (Å²) in [6, 6.07) is 0. The second-order valence-corrected chi connectivity index (χ2v) is 6.00. The fourth-order valence-electron chi connectivity index (χ4n) is 3.69. The number of thiocarbonyl (C=S) groups is 1. The minimum atomic E-state index is -0.919. The number of hydrogen-bond donors (Lipinski definition) is 2. The van der Waals surface area contributed by atoms with Crippen molar-refractivity contribution in [3.8, 4) is 0 Å². The molecule has 2 amide bonds. The average Bonchev–Trinajstić information content (AvgIpc) is 2.51. The van der Waals surface area contributed by atoms with Crippen molar-refractivity contribution in [2.45, 2.75) is 40.0 Å². The van der Waals surface area contributed by atoms with Crippen LogP contribution in [-0.4, -0.2) is 16.9 Å². The zero-order valence-corrected chi connectivity index (χ0v) is 11.9. The van der Waals surface area contributed by atoms with Gasteiger partial charge < -0.3 is 10.6 Å². The van der Waals surface area contributed by atoms with Crippen LogP contribution in [-0.2, 0) is 9.59 Å². The smallest absolute Gasteiger partial charge is 0.242 e. The third kappa shape index (κ3) is 1.67. The predicted molar refractivity (Wildman–Crippen MR) is 72.7 cm³/mol. The Balaban J connectivity index is 2.44. The first kappa shape index (κ1) is 13.5. The fraction of sp³-hybridized carbons (Fsp3) is 0.769. The van der Waals surface area contributed by atoms with Gasteiger partial charge in [-0.2, -0.15) is 0 Å². The van der Waals surface area contributed by atoms with Crippen molar-refractivity contribution >= 4 is 29.1 Å². The third-order valence-corrected chi connectivity index (χ3v) is 4.92. The van der Waals surface area contributed by atoms with Crippen LogP contribution in [0.1, 0.15) is 40.0 Å². The Morgan fingerprint density at radius 2 is 1.83 bits per heavy atom. The molecule has 5 heteroatoms. The van der Waals surface area contributed by atoms with Crippen molar-refractivity contribution in [3.63, 3.8) is 0 Å². The Labute approximate surface area is 113 Å². The molecule has 18 heavy (non-hydrogen) atoms. The molecule has 1 aliphatic carbocycles. The zero-order valence-electron chi connectivity index (χ0n) is 11.1. The molecule has 2 rings (SSSR count). The van der Waals surface area contributed by atoms with Crippen LogP contribution in [0.15, 0.2) is 0 Å². The molecule has 1 heterocycles. The molecule has 4 nitrogen and oxygen atoms in total. The van der Waals surface area contributed by atoms with Crippen molar-refractivity contribution in [1.82, 2.24) is 10.6 Å². The highest BCUT2D eigenvalue weighted by Gasteiger charge is 2.62. The second kappa shape index (κ2) is 4.61. The van der Waals surface area contributed by atoms with E-state index in [0.717, 1.165) is 19.3 Å². The molecule has 0 bridgehead atoms. The molecular formula is C13H20N2O2S. The molecular weight excluding hydrogens is 248 g/mol. The molecule has 1 aliphatic heterocycles. The summed E-state index contributed by atoms with van der Waals surface area (Å²) in [5.74, 6) is 0.149. The standard InChI is InChI=1S/C13H20N2O2S/c1-4-5-9-6-7(2)8(3)13(9)10(16)14-12(18)15-11(13)17/h7-9H,4-6H2,1-3H3,(H2,14,15,16,17,18). The lowest BCUT2D eigenvalue weighted by Crippen LogP contribution is -2.65. The Morgan fingerprint density at radius 3 is 2.33 bits per heavy atom. The van der Waals surface area contributed by atoms with Gasteiger partial charge in [0.15, 0.2) is 5.11 Å². The summed E-state index contributed by atoms with van der Waals surface area (Å²) in [7, 11) is 0. The fourth-order valence-corrected chi connectivity index (χ4v) is 3.87. The van der Waals surface area contributed by atoms with Gasteiger partial charge in [-0.25, -0.2) is 0 Å². The van der Waals surface area contributed by atoms with Crippen LogP contribution in [0.3, 0.4) is 0 Å². The SMILES string of the molecule is CCCC1CC(C)C(C)C12C(=O)NC(=S)NC2=O. The van der Waals surface area contributed by atoms with Gasteiger partial charge in [0.25, 0.3) is 0 Å². The monoisotopic (exact) mass is 268 g/mol. The highest BCUT2D eigenvalue weighted by Crippen LogP contribution is 2.53. The predicted octanol–water partition coefficient (Wildman–Crippen LogP) is 1.60. The summed E-state index contributed by atoms with van der Waals surface area (Å²) in [4.78, 5) is 24.8. The maximum Gasteiger partial charge on any atom is 0.242 e. The highest BCUT2D eigenvalue weighted by molar-refractivity contribution is 7.80. The number of carbonyl (C=O) groups excluding carboxylic acids is 2. The van der Waals surface area contributed by atoms with Crippen molar-refractivity contribution < 1.29 is 9.59 Å². The molecule has 3 atom stereocenters. The van der Waals surface area contributed by atoms with Crippen LogP contribution in [0.4, 0.5) is 0 Å². The Morgan fingerprint density at radius 1 is 1.28 bits per heavy atom. The van der Waals surface area contributed by atoms with E-state index in [4.69, 9.17) is 12.2 Å². The largest absolute Gasteiger partial charge is 0.302 e. The van der Waals surface area contributed by atoms with E-state index >= 15 is 0 Å². The first-order chi connectivity index (χ1) is 8.44. The van der Waals surface area contributed by atoms with Crippen molar-refractivity contribution in [1.29, 1.82) is 0 Å². The van der Waals surface area contributed by atoms with Gasteiger partial charge in [-0.15, -0.1) is 0 Å². The van der Waals surface area contributed by atoms with E-state index < -0.39 is 5.41 Å². The summed E-state index contributed by atoms with van der Waals surface area (Å²) >= 11 is 4.89. The normalized spacial score (nSPS) is 34.6. The maximum absolute atomic E-state index is 12.4. The molecule has 1 saturated carbocycles. The van der Waals surface area contributed by atoms with E-state index in [-0.39, 0.29) is 28.8 Å². The maximum atomic E-state index is 12.4. The van der Waals surface area contributed by atoms with Crippen LogP contribution in [0, 0.1) is 23.2 Å². The third-order valence-electron chi connectivity index (χ3n) is 4.71. The lowest BCUT2D eigenvalue weighted by atomic mass is 9.68. The number of hydrogen-bond acceptors (Lipinski definition) is 3. The van der Waals surface area contributed by atoms with Gasteiger partial charge >= 0.3 is 0 Å². The van der Waals surface area contributed by atoms with Crippen molar-refractivity contribution in [2.75, 3.05) is 0 Å². The van der Waals surface area contributed by atoms with Crippen molar-refractivity contribution in [3.05, 3.63) is 0 Å². The molecule has 2 fully saturated rings. The van der Waals surface area contributed by atoms with E-state index in [2.05, 4.69) is 24.5 Å². The molecule has 1 saturated heterocycles. The Bertz CT molecular complexity index is 388. The molecule has 0 aromatic heterocycles. The number of rotatable bonds is 2. The number of amides is 2. The molecule has 0 aromatic rings. The van der Waals surface area contributed by atoms with Gasteiger partial charge in [0.05, 0.1) is 0 Å². The first-order valence-electron chi connectivity index (χ1n) is 6.61. The Hall–Kier alpha value is -0.970. The number of carbonyl (C=O) groups is 2. The van der Waals surface area contributed by atoms with E-state index in [0.29, 0.717) is 5.92 Å². The van der Waals surface area contributed by atoms with Gasteiger partial charge in [-0.05, 0) is 42.8 Å². The minimum Gasteiger partial charge on any atom is -0.302 e. The van der Waals surface area contributed by atoms with Gasteiger partial charge in [-0.3, -0.25) is 9.59 Å². The summed E-state index contributed by atoms with van der Waals surface area (Å²) in [6.07, 6.45) is 2.82. The van der Waals surface area contributed by atoms with E-state index in [1.807, 2.05) is 6.92 Å². The molecule has 3 unspecified atom stereocenters. The second-order valence-electron chi connectivity index (χ2n) is 5.59. The summed E-state index contributed by atoms with van der Waals surface area (Å²) in [5.41, 5.74) is -0.919. The van der Waals surface area contributed by atoms with Gasteiger partial charge in [0.2, 0.25) is 11.8 Å². The summed E-state index contributed by atoms with van der Waals surface area (Å²) < 4.78 is 0. The van der Waals surface area contributed by atoms with E-state index in [1.54, 1.807) is 0 Å². The molecule has 0 radical (unpaired) electrons. The van der Waals surface area contributed by atoms with Crippen LogP contribution in [0.5, 0.6) is 0 Å². The minimum absolute atomic E-state index is 0.0529. The lowest BCUT2D eigenvalue weighted by molar-refractivity contribution is -0.149. The van der Waals surface area contributed by atoms with Crippen LogP contribution in [0.2, 0.25) is 0 Å². The first-order valence-corrected chi connectivity index (χ1v) is 7.02. The van der Waals surface area contributed by atoms with Crippen LogP contribution >= 0.6 is 12.2 Å². The number of nitrogens with one attached hydrogen (secondary N) is 2. The van der Waals surface area contributed by atoms with Gasteiger partial charge in [0, 0.05) is 0 Å². The molecule has 2 N–H and O–H groups in total. The topological polar surface area (TPSA) is 58.2 Å². The highest BCUT2D eigenvalue weighted by atomic mass is 32.1. The zero-order chi connectivity index (χ0) is 13.5. The van der Waals surface area contributed by atoms with E-state index in [1.165, 1.54) is 0 Å². The molecule has 0 aromatic carbocycles. The van der Waals surface area contributed by atoms with Gasteiger partial charge in [-0.1, -0.05) is 27.2 Å². The van der Waals surface area contributed by atoms with Crippen LogP contribution < -0.4 is 10.6 Å². The Kier molecular flexibility index (Phi) is 3.45. The average molecular weight is 268 g/mol. The van der Waals surface area contributed by atoms with Crippen LogP contribution in [0.25, 0.3) is 0 Å². The lowest BCUT2D eigenvalue weighted by Gasteiger charge is -2.39. The van der Waals surface area contributed by atoms with E-state index in [9.17, 15) is 9.59 Å². The van der Waals surface area contributed by atoms with Crippen molar-refractivity contribution in [2.24, 2.45) is 23.2 Å². The van der Waals surface area contributed by atoms with Gasteiger partial charge in [0.1, 0.15) is 5.41 Å². The summed E-state index contributed by atoms with van der Waals surface area (Å²) in [5, 5.41) is 5.42. The quantitative estimate of drug-likeness (QED) is 0.591. The molecule has 100 valence electrons. The molecule has 2 aliphatic rings. The summed E-state index contributed by atoms with van der Waals surface area (Å²) in [6.45, 7) is 6.22. The molecule has 1 spiro atoms.